The topological polar surface area (TPSA) is 114 Å². The van der Waals surface area contributed by atoms with Crippen LogP contribution in [0.2, 0.25) is 0 Å². The van der Waals surface area contributed by atoms with Crippen LogP contribution in [0.25, 0.3) is 11.1 Å². The maximum atomic E-state index is 12.4. The fourth-order valence-corrected chi connectivity index (χ4v) is 4.57. The van der Waals surface area contributed by atoms with Crippen molar-refractivity contribution in [2.45, 2.75) is 37.8 Å². The van der Waals surface area contributed by atoms with Crippen LogP contribution in [0.15, 0.2) is 48.5 Å². The van der Waals surface area contributed by atoms with Crippen molar-refractivity contribution >= 4 is 18.0 Å². The summed E-state index contributed by atoms with van der Waals surface area (Å²) in [5.74, 6) is 3.27. The number of carboxylic acids is 1. The van der Waals surface area contributed by atoms with Gasteiger partial charge >= 0.3 is 12.1 Å². The van der Waals surface area contributed by atoms with Gasteiger partial charge in [0.15, 0.2) is 0 Å². The maximum absolute atomic E-state index is 12.4. The fraction of sp³-hybridized carbons (Fsp3) is 0.370. The number of ether oxygens (including phenoxy) is 2. The summed E-state index contributed by atoms with van der Waals surface area (Å²) in [5.41, 5.74) is 4.60. The van der Waals surface area contributed by atoms with Crippen LogP contribution in [0.3, 0.4) is 0 Å². The number of aliphatic carboxylic acids is 1. The highest BCUT2D eigenvalue weighted by atomic mass is 16.5. The Labute approximate surface area is 204 Å². The minimum Gasteiger partial charge on any atom is -0.480 e. The molecule has 2 aromatic rings. The van der Waals surface area contributed by atoms with Crippen LogP contribution >= 0.6 is 0 Å². The predicted molar refractivity (Wildman–Crippen MR) is 129 cm³/mol. The summed E-state index contributed by atoms with van der Waals surface area (Å²) < 4.78 is 11.2. The van der Waals surface area contributed by atoms with Gasteiger partial charge in [-0.15, -0.1) is 11.8 Å². The summed E-state index contributed by atoms with van der Waals surface area (Å²) >= 11 is 0. The van der Waals surface area contributed by atoms with Gasteiger partial charge in [-0.25, -0.2) is 9.59 Å². The molecule has 35 heavy (non-hydrogen) atoms. The lowest BCUT2D eigenvalue weighted by Gasteiger charge is -2.16. The van der Waals surface area contributed by atoms with Crippen LogP contribution in [0, 0.1) is 17.8 Å². The van der Waals surface area contributed by atoms with Crippen molar-refractivity contribution in [1.82, 2.24) is 10.6 Å². The molecule has 0 saturated carbocycles. The Bertz CT molecular complexity index is 1120. The summed E-state index contributed by atoms with van der Waals surface area (Å²) in [6.45, 7) is 2.19. The van der Waals surface area contributed by atoms with E-state index in [9.17, 15) is 19.5 Å². The molecule has 8 nitrogen and oxygen atoms in total. The number of fused-ring (bicyclic) bond motifs is 3. The lowest BCUT2D eigenvalue weighted by atomic mass is 9.98. The minimum atomic E-state index is -1.13. The van der Waals surface area contributed by atoms with Crippen molar-refractivity contribution in [3.8, 4) is 23.0 Å². The molecule has 2 amide bonds. The molecular formula is C27H28N2O6. The number of hydrogen-bond acceptors (Lipinski definition) is 5. The van der Waals surface area contributed by atoms with Gasteiger partial charge in [0.1, 0.15) is 12.6 Å². The predicted octanol–water partition coefficient (Wildman–Crippen LogP) is 2.91. The minimum absolute atomic E-state index is 0.0245. The van der Waals surface area contributed by atoms with Crippen LogP contribution in [0.4, 0.5) is 4.79 Å². The third-order valence-electron chi connectivity index (χ3n) is 6.37. The highest BCUT2D eigenvalue weighted by Crippen LogP contribution is 2.44. The molecule has 4 rings (SSSR count). The second-order valence-electron chi connectivity index (χ2n) is 8.62. The van der Waals surface area contributed by atoms with Crippen LogP contribution < -0.4 is 10.6 Å². The van der Waals surface area contributed by atoms with Gasteiger partial charge in [0.25, 0.3) is 0 Å². The summed E-state index contributed by atoms with van der Waals surface area (Å²) in [6.07, 6.45) is -0.489. The lowest BCUT2D eigenvalue weighted by molar-refractivity contribution is -0.142. The number of carbonyl (C=O) groups is 3. The standard InChI is InChI=1S/C27H28N2O6/c1-2-3-12-24(26(31)32)29-25(30)17-13-18(34-15-17)14-28-27(33)35-16-23-21-10-6-4-8-19(21)20-9-5-7-11-22(20)23/h4-11,17-18,23-24H,12-16H2,1H3,(H,28,33)(H,29,30)(H,31,32)/t17-,18-,24?/m0/s1. The van der Waals surface area contributed by atoms with Crippen molar-refractivity contribution in [2.75, 3.05) is 19.8 Å². The second kappa shape index (κ2) is 11.1. The van der Waals surface area contributed by atoms with Crippen LogP contribution in [-0.4, -0.2) is 55.0 Å². The number of benzene rings is 2. The van der Waals surface area contributed by atoms with E-state index in [0.29, 0.717) is 6.42 Å². The first-order chi connectivity index (χ1) is 17.0. The van der Waals surface area contributed by atoms with E-state index >= 15 is 0 Å². The third kappa shape index (κ3) is 5.64. The highest BCUT2D eigenvalue weighted by Gasteiger charge is 2.33. The van der Waals surface area contributed by atoms with Crippen LogP contribution in [-0.2, 0) is 19.1 Å². The van der Waals surface area contributed by atoms with Crippen molar-refractivity contribution in [3.63, 3.8) is 0 Å². The van der Waals surface area contributed by atoms with Crippen molar-refractivity contribution in [3.05, 3.63) is 59.7 Å². The molecule has 1 aliphatic carbocycles. The molecule has 1 fully saturated rings. The number of carboxylic acid groups (broad SMARTS) is 1. The van der Waals surface area contributed by atoms with Crippen LogP contribution in [0.1, 0.15) is 36.8 Å². The summed E-state index contributed by atoms with van der Waals surface area (Å²) in [5, 5.41) is 14.5. The molecule has 3 N–H and O–H groups in total. The SMILES string of the molecule is CC#CCC(NC(=O)[C@@H]1CO[C@H](CNC(=O)OCC2c3ccccc3-c3ccccc32)C1)C(=O)O. The zero-order valence-electron chi connectivity index (χ0n) is 19.5. The molecule has 1 aliphatic heterocycles. The van der Waals surface area contributed by atoms with Gasteiger partial charge in [0.05, 0.1) is 18.6 Å². The van der Waals surface area contributed by atoms with Gasteiger partial charge in [-0.05, 0) is 35.6 Å². The van der Waals surface area contributed by atoms with Gasteiger partial charge in [0.2, 0.25) is 5.91 Å². The maximum Gasteiger partial charge on any atom is 0.407 e. The van der Waals surface area contributed by atoms with Crippen molar-refractivity contribution in [1.29, 1.82) is 0 Å². The highest BCUT2D eigenvalue weighted by molar-refractivity contribution is 5.85. The number of carbonyl (C=O) groups excluding carboxylic acids is 2. The van der Waals surface area contributed by atoms with Gasteiger partial charge in [-0.1, -0.05) is 48.5 Å². The molecule has 182 valence electrons. The molecule has 1 unspecified atom stereocenters. The Morgan fingerprint density at radius 2 is 1.77 bits per heavy atom. The smallest absolute Gasteiger partial charge is 0.407 e. The van der Waals surface area contributed by atoms with E-state index in [1.165, 1.54) is 0 Å². The fourth-order valence-electron chi connectivity index (χ4n) is 4.57. The van der Waals surface area contributed by atoms with E-state index in [1.54, 1.807) is 6.92 Å². The Kier molecular flexibility index (Phi) is 7.68. The quantitative estimate of drug-likeness (QED) is 0.505. The number of nitrogens with one attached hydrogen (secondary N) is 2. The molecule has 0 spiro atoms. The van der Waals surface area contributed by atoms with E-state index in [2.05, 4.69) is 46.7 Å². The lowest BCUT2D eigenvalue weighted by Crippen LogP contribution is -2.43. The Morgan fingerprint density at radius 3 is 2.40 bits per heavy atom. The van der Waals surface area contributed by atoms with Gasteiger partial charge in [0, 0.05) is 18.9 Å². The molecule has 0 aromatic heterocycles. The van der Waals surface area contributed by atoms with E-state index in [-0.39, 0.29) is 44.1 Å². The number of amides is 2. The average Bonchev–Trinajstić information content (AvgIpc) is 3.47. The first-order valence-corrected chi connectivity index (χ1v) is 11.6. The molecule has 8 heteroatoms. The van der Waals surface area contributed by atoms with E-state index in [4.69, 9.17) is 9.47 Å². The molecule has 2 aliphatic rings. The Morgan fingerprint density at radius 1 is 1.11 bits per heavy atom. The van der Waals surface area contributed by atoms with Crippen molar-refractivity contribution < 1.29 is 29.0 Å². The number of alkyl carbamates (subject to hydrolysis) is 1. The monoisotopic (exact) mass is 476 g/mol. The first-order valence-electron chi connectivity index (χ1n) is 11.6. The normalized spacial score (nSPS) is 19.0. The average molecular weight is 477 g/mol. The van der Waals surface area contributed by atoms with Gasteiger partial charge < -0.3 is 25.2 Å². The summed E-state index contributed by atoms with van der Waals surface area (Å²) in [7, 11) is 0. The van der Waals surface area contributed by atoms with E-state index < -0.39 is 24.0 Å². The molecule has 1 saturated heterocycles. The Balaban J connectivity index is 1.24. The van der Waals surface area contributed by atoms with Crippen molar-refractivity contribution in [2.24, 2.45) is 5.92 Å². The van der Waals surface area contributed by atoms with E-state index in [1.807, 2.05) is 24.3 Å². The van der Waals surface area contributed by atoms with Gasteiger partial charge in [-0.2, -0.15) is 0 Å². The molecule has 3 atom stereocenters. The van der Waals surface area contributed by atoms with Crippen LogP contribution in [0.5, 0.6) is 0 Å². The third-order valence-corrected chi connectivity index (χ3v) is 6.37. The number of rotatable bonds is 8. The molecular weight excluding hydrogens is 448 g/mol. The Hall–Kier alpha value is -3.83. The number of hydrogen-bond donors (Lipinski definition) is 3. The zero-order chi connectivity index (χ0) is 24.8. The summed E-state index contributed by atoms with van der Waals surface area (Å²) in [6, 6.07) is 15.2. The van der Waals surface area contributed by atoms with E-state index in [0.717, 1.165) is 22.3 Å². The summed E-state index contributed by atoms with van der Waals surface area (Å²) in [4.78, 5) is 36.1. The molecule has 2 aromatic carbocycles. The zero-order valence-corrected chi connectivity index (χ0v) is 19.5. The largest absolute Gasteiger partial charge is 0.480 e. The molecule has 1 heterocycles. The molecule has 0 radical (unpaired) electrons. The molecule has 0 bridgehead atoms. The first kappa shape index (κ1) is 24.3. The second-order valence-corrected chi connectivity index (χ2v) is 8.62. The van der Waals surface area contributed by atoms with Gasteiger partial charge in [-0.3, -0.25) is 4.79 Å².